The number of amides is 1. The Bertz CT molecular complexity index is 612. The van der Waals surface area contributed by atoms with E-state index in [1.165, 1.54) is 18.3 Å². The smallest absolute Gasteiger partial charge is 0.255 e. The fourth-order valence-corrected chi connectivity index (χ4v) is 1.99. The van der Waals surface area contributed by atoms with Crippen LogP contribution in [0.15, 0.2) is 24.4 Å². The maximum Gasteiger partial charge on any atom is 0.255 e. The van der Waals surface area contributed by atoms with Crippen LogP contribution in [0, 0.1) is 5.82 Å². The van der Waals surface area contributed by atoms with E-state index in [-0.39, 0.29) is 11.7 Å². The molecule has 3 rings (SSSR count). The van der Waals surface area contributed by atoms with Crippen molar-refractivity contribution in [1.29, 1.82) is 0 Å². The second-order valence-electron chi connectivity index (χ2n) is 3.89. The minimum Gasteiger partial charge on any atom is -0.382 e. The summed E-state index contributed by atoms with van der Waals surface area (Å²) in [6.45, 7) is 1.17. The first kappa shape index (κ1) is 10.0. The average Bonchev–Trinajstić information content (AvgIpc) is 2.52. The molecular formula is C12H10FN3O. The van der Waals surface area contributed by atoms with Crippen molar-refractivity contribution in [1.82, 2.24) is 10.3 Å². The zero-order valence-electron chi connectivity index (χ0n) is 8.96. The molecule has 2 N–H and O–H groups in total. The SMILES string of the molecule is O=C1NCCNc2c1cnc1ccc(F)cc21. The largest absolute Gasteiger partial charge is 0.382 e. The Balaban J connectivity index is 2.33. The third-order valence-corrected chi connectivity index (χ3v) is 2.79. The highest BCUT2D eigenvalue weighted by Gasteiger charge is 2.17. The second kappa shape index (κ2) is 3.69. The Labute approximate surface area is 96.8 Å². The van der Waals surface area contributed by atoms with Crippen LogP contribution in [0.25, 0.3) is 10.9 Å². The summed E-state index contributed by atoms with van der Waals surface area (Å²) in [5.74, 6) is -0.511. The van der Waals surface area contributed by atoms with Crippen LogP contribution in [-0.4, -0.2) is 24.0 Å². The van der Waals surface area contributed by atoms with Crippen LogP contribution < -0.4 is 10.6 Å². The standard InChI is InChI=1S/C12H10FN3O/c13-7-1-2-10-8(5-7)11-9(6-16-10)12(17)15-4-3-14-11/h1-2,5-6,14H,3-4H2,(H,15,17). The van der Waals surface area contributed by atoms with E-state index in [2.05, 4.69) is 15.6 Å². The zero-order valence-corrected chi connectivity index (χ0v) is 8.96. The third-order valence-electron chi connectivity index (χ3n) is 2.79. The summed E-state index contributed by atoms with van der Waals surface area (Å²) in [5, 5.41) is 6.52. The monoisotopic (exact) mass is 231 g/mol. The molecule has 86 valence electrons. The number of carbonyl (C=O) groups excluding carboxylic acids is 1. The predicted octanol–water partition coefficient (Wildman–Crippen LogP) is 1.53. The van der Waals surface area contributed by atoms with Crippen molar-refractivity contribution in [3.05, 3.63) is 35.8 Å². The number of carbonyl (C=O) groups is 1. The van der Waals surface area contributed by atoms with Crippen molar-refractivity contribution in [3.63, 3.8) is 0 Å². The Morgan fingerprint density at radius 1 is 1.24 bits per heavy atom. The van der Waals surface area contributed by atoms with Crippen LogP contribution in [0.5, 0.6) is 0 Å². The van der Waals surface area contributed by atoms with Gasteiger partial charge >= 0.3 is 0 Å². The molecule has 0 fully saturated rings. The van der Waals surface area contributed by atoms with E-state index in [0.717, 1.165) is 0 Å². The van der Waals surface area contributed by atoms with Crippen LogP contribution in [0.4, 0.5) is 10.1 Å². The Kier molecular flexibility index (Phi) is 2.18. The lowest BCUT2D eigenvalue weighted by Crippen LogP contribution is -2.24. The summed E-state index contributed by atoms with van der Waals surface area (Å²) in [4.78, 5) is 15.9. The van der Waals surface area contributed by atoms with Gasteiger partial charge in [-0.15, -0.1) is 0 Å². The van der Waals surface area contributed by atoms with E-state index in [0.29, 0.717) is 35.2 Å². The molecule has 4 nitrogen and oxygen atoms in total. The maximum absolute atomic E-state index is 13.2. The first-order chi connectivity index (χ1) is 8.25. The topological polar surface area (TPSA) is 54.0 Å². The summed E-state index contributed by atoms with van der Waals surface area (Å²) in [5.41, 5.74) is 1.79. The van der Waals surface area contributed by atoms with Crippen molar-refractivity contribution >= 4 is 22.5 Å². The van der Waals surface area contributed by atoms with Crippen LogP contribution >= 0.6 is 0 Å². The molecule has 2 heterocycles. The molecule has 0 atom stereocenters. The molecule has 0 saturated carbocycles. The zero-order chi connectivity index (χ0) is 11.8. The number of fused-ring (bicyclic) bond motifs is 3. The molecule has 1 amide bonds. The minimum absolute atomic E-state index is 0.177. The van der Waals surface area contributed by atoms with Crippen molar-refractivity contribution in [2.24, 2.45) is 0 Å². The number of hydrogen-bond acceptors (Lipinski definition) is 3. The van der Waals surface area contributed by atoms with E-state index in [1.54, 1.807) is 6.07 Å². The molecule has 0 saturated heterocycles. The third kappa shape index (κ3) is 1.60. The van der Waals surface area contributed by atoms with Gasteiger partial charge in [0.1, 0.15) is 5.82 Å². The van der Waals surface area contributed by atoms with E-state index in [9.17, 15) is 9.18 Å². The lowest BCUT2D eigenvalue weighted by atomic mass is 10.1. The molecule has 0 bridgehead atoms. The fraction of sp³-hybridized carbons (Fsp3) is 0.167. The molecule has 2 aromatic rings. The van der Waals surface area contributed by atoms with E-state index < -0.39 is 0 Å². The first-order valence-corrected chi connectivity index (χ1v) is 5.36. The van der Waals surface area contributed by atoms with Gasteiger partial charge in [0, 0.05) is 24.7 Å². The molecule has 0 spiro atoms. The van der Waals surface area contributed by atoms with Gasteiger partial charge in [-0.25, -0.2) is 4.39 Å². The highest BCUT2D eigenvalue weighted by atomic mass is 19.1. The maximum atomic E-state index is 13.2. The predicted molar refractivity (Wildman–Crippen MR) is 62.5 cm³/mol. The van der Waals surface area contributed by atoms with E-state index in [1.807, 2.05) is 0 Å². The molecular weight excluding hydrogens is 221 g/mol. The Hall–Kier alpha value is -2.17. The van der Waals surface area contributed by atoms with Gasteiger partial charge in [-0.05, 0) is 18.2 Å². The normalized spacial score (nSPS) is 14.8. The number of halogens is 1. The number of pyridine rings is 1. The summed E-state index contributed by atoms with van der Waals surface area (Å²) < 4.78 is 13.2. The number of nitrogens with zero attached hydrogens (tertiary/aromatic N) is 1. The van der Waals surface area contributed by atoms with Gasteiger partial charge in [0.15, 0.2) is 0 Å². The molecule has 1 aliphatic rings. The lowest BCUT2D eigenvalue weighted by molar-refractivity contribution is 0.0958. The van der Waals surface area contributed by atoms with Crippen LogP contribution in [0.2, 0.25) is 0 Å². The molecule has 0 unspecified atom stereocenters. The summed E-state index contributed by atoms with van der Waals surface area (Å²) >= 11 is 0. The van der Waals surface area contributed by atoms with E-state index in [4.69, 9.17) is 0 Å². The Morgan fingerprint density at radius 3 is 2.94 bits per heavy atom. The highest BCUT2D eigenvalue weighted by Crippen LogP contribution is 2.27. The van der Waals surface area contributed by atoms with Gasteiger partial charge in [-0.2, -0.15) is 0 Å². The number of nitrogens with one attached hydrogen (secondary N) is 2. The first-order valence-electron chi connectivity index (χ1n) is 5.36. The van der Waals surface area contributed by atoms with Gasteiger partial charge in [0.25, 0.3) is 5.91 Å². The number of aromatic nitrogens is 1. The molecule has 5 heteroatoms. The minimum atomic E-state index is -0.334. The van der Waals surface area contributed by atoms with Gasteiger partial charge in [-0.1, -0.05) is 0 Å². The average molecular weight is 231 g/mol. The molecule has 0 aliphatic carbocycles. The van der Waals surface area contributed by atoms with Crippen molar-refractivity contribution in [2.45, 2.75) is 0 Å². The van der Waals surface area contributed by atoms with Gasteiger partial charge in [0.05, 0.1) is 16.8 Å². The highest BCUT2D eigenvalue weighted by molar-refractivity contribution is 6.07. The molecule has 17 heavy (non-hydrogen) atoms. The van der Waals surface area contributed by atoms with Gasteiger partial charge in [-0.3, -0.25) is 9.78 Å². The van der Waals surface area contributed by atoms with Crippen molar-refractivity contribution < 1.29 is 9.18 Å². The van der Waals surface area contributed by atoms with Crippen LogP contribution in [0.1, 0.15) is 10.4 Å². The molecule has 0 radical (unpaired) electrons. The number of rotatable bonds is 0. The van der Waals surface area contributed by atoms with Crippen molar-refractivity contribution in [2.75, 3.05) is 18.4 Å². The lowest BCUT2D eigenvalue weighted by Gasteiger charge is -2.09. The number of benzene rings is 1. The molecule has 1 aromatic carbocycles. The molecule has 1 aromatic heterocycles. The van der Waals surface area contributed by atoms with Gasteiger partial charge in [0.2, 0.25) is 0 Å². The molecule has 1 aliphatic heterocycles. The number of anilines is 1. The summed E-state index contributed by atoms with van der Waals surface area (Å²) in [6, 6.07) is 4.36. The van der Waals surface area contributed by atoms with E-state index >= 15 is 0 Å². The van der Waals surface area contributed by atoms with Crippen molar-refractivity contribution in [3.8, 4) is 0 Å². The van der Waals surface area contributed by atoms with Crippen LogP contribution in [0.3, 0.4) is 0 Å². The van der Waals surface area contributed by atoms with Crippen LogP contribution in [-0.2, 0) is 0 Å². The second-order valence-corrected chi connectivity index (χ2v) is 3.89. The quantitative estimate of drug-likeness (QED) is 0.723. The summed E-state index contributed by atoms with van der Waals surface area (Å²) in [7, 11) is 0. The fourth-order valence-electron chi connectivity index (χ4n) is 1.99. The summed E-state index contributed by atoms with van der Waals surface area (Å²) in [6.07, 6.45) is 1.52. The Morgan fingerprint density at radius 2 is 2.06 bits per heavy atom. The van der Waals surface area contributed by atoms with Gasteiger partial charge < -0.3 is 10.6 Å². The number of hydrogen-bond donors (Lipinski definition) is 2.